The van der Waals surface area contributed by atoms with Crippen LogP contribution in [0.15, 0.2) is 29.2 Å². The summed E-state index contributed by atoms with van der Waals surface area (Å²) >= 11 is 0. The van der Waals surface area contributed by atoms with Crippen LogP contribution >= 0.6 is 12.4 Å². The first-order chi connectivity index (χ1) is 10.8. The van der Waals surface area contributed by atoms with Crippen molar-refractivity contribution in [1.82, 2.24) is 10.0 Å². The van der Waals surface area contributed by atoms with Crippen molar-refractivity contribution in [1.29, 1.82) is 0 Å². The molecule has 0 aromatic heterocycles. The molecule has 1 aromatic carbocycles. The van der Waals surface area contributed by atoms with E-state index in [9.17, 15) is 13.2 Å². The molecule has 8 heteroatoms. The summed E-state index contributed by atoms with van der Waals surface area (Å²) in [5.41, 5.74) is 0.615. The van der Waals surface area contributed by atoms with Crippen molar-refractivity contribution < 1.29 is 13.2 Å². The number of carbonyl (C=O) groups is 1. The van der Waals surface area contributed by atoms with E-state index in [1.165, 1.54) is 12.1 Å². The minimum Gasteiger partial charge on any atom is -0.326 e. The second-order valence-corrected chi connectivity index (χ2v) is 8.08. The van der Waals surface area contributed by atoms with Crippen molar-refractivity contribution >= 4 is 34.0 Å². The second-order valence-electron chi connectivity index (χ2n) is 6.37. The van der Waals surface area contributed by atoms with Gasteiger partial charge in [0.05, 0.1) is 4.90 Å². The Bertz CT molecular complexity index is 647. The van der Waals surface area contributed by atoms with Crippen LogP contribution in [0.2, 0.25) is 0 Å². The molecule has 1 aromatic rings. The molecule has 0 saturated carbocycles. The number of carbonyl (C=O) groups excluding carboxylic acids is 1. The first-order valence-corrected chi connectivity index (χ1v) is 9.43. The molecular weight excluding hydrogens is 350 g/mol. The Morgan fingerprint density at radius 3 is 2.42 bits per heavy atom. The van der Waals surface area contributed by atoms with E-state index in [2.05, 4.69) is 22.3 Å². The van der Waals surface area contributed by atoms with Crippen LogP contribution in [0.1, 0.15) is 33.6 Å². The highest BCUT2D eigenvalue weighted by Gasteiger charge is 2.24. The summed E-state index contributed by atoms with van der Waals surface area (Å²) in [7, 11) is -3.50. The molecule has 3 N–H and O–H groups in total. The van der Waals surface area contributed by atoms with E-state index >= 15 is 0 Å². The first-order valence-electron chi connectivity index (χ1n) is 7.94. The average Bonchev–Trinajstić information content (AvgIpc) is 2.46. The van der Waals surface area contributed by atoms with E-state index in [0.29, 0.717) is 11.7 Å². The molecule has 0 aliphatic carbocycles. The van der Waals surface area contributed by atoms with E-state index in [1.54, 1.807) is 26.0 Å². The lowest BCUT2D eigenvalue weighted by Crippen LogP contribution is -2.40. The number of hydrogen-bond donors (Lipinski definition) is 3. The van der Waals surface area contributed by atoms with Gasteiger partial charge in [-0.15, -0.1) is 12.4 Å². The smallest absolute Gasteiger partial charge is 0.240 e. The van der Waals surface area contributed by atoms with Crippen LogP contribution < -0.4 is 15.4 Å². The standard InChI is InChI=1S/C16H25N3O3S.ClH/c1-11(2)19-23(21,22)15-6-4-14(5-7-15)18-16(20)13-8-9-17-12(3)10-13;/h4-7,11-13,17,19H,8-10H2,1-3H3,(H,18,20);1H/t12-,13-;/m0./s1. The molecule has 1 aliphatic heterocycles. The fraction of sp³-hybridized carbons (Fsp3) is 0.562. The predicted octanol–water partition coefficient (Wildman–Crippen LogP) is 2.12. The summed E-state index contributed by atoms with van der Waals surface area (Å²) in [6.07, 6.45) is 1.64. The molecule has 0 radical (unpaired) electrons. The van der Waals surface area contributed by atoms with Gasteiger partial charge in [-0.05, 0) is 64.4 Å². The topological polar surface area (TPSA) is 87.3 Å². The molecule has 6 nitrogen and oxygen atoms in total. The number of anilines is 1. The molecule has 1 heterocycles. The summed E-state index contributed by atoms with van der Waals surface area (Å²) in [4.78, 5) is 12.5. The number of nitrogens with one attached hydrogen (secondary N) is 3. The zero-order chi connectivity index (χ0) is 17.0. The van der Waals surface area contributed by atoms with Crippen LogP contribution in [-0.2, 0) is 14.8 Å². The predicted molar refractivity (Wildman–Crippen MR) is 98.0 cm³/mol. The Labute approximate surface area is 150 Å². The zero-order valence-corrected chi connectivity index (χ0v) is 15.8. The van der Waals surface area contributed by atoms with Gasteiger partial charge in [-0.1, -0.05) is 0 Å². The number of amides is 1. The van der Waals surface area contributed by atoms with E-state index < -0.39 is 10.0 Å². The number of rotatable bonds is 5. The Balaban J connectivity index is 0.00000288. The summed E-state index contributed by atoms with van der Waals surface area (Å²) < 4.78 is 26.6. The third kappa shape index (κ3) is 5.73. The molecule has 2 rings (SSSR count). The molecule has 1 aliphatic rings. The summed E-state index contributed by atoms with van der Waals surface area (Å²) in [6, 6.07) is 6.43. The van der Waals surface area contributed by atoms with Gasteiger partial charge in [0.15, 0.2) is 0 Å². The lowest BCUT2D eigenvalue weighted by molar-refractivity contribution is -0.120. The third-order valence-electron chi connectivity index (χ3n) is 3.82. The Morgan fingerprint density at radius 2 is 1.88 bits per heavy atom. The fourth-order valence-electron chi connectivity index (χ4n) is 2.71. The number of piperidine rings is 1. The van der Waals surface area contributed by atoms with Crippen molar-refractivity contribution in [2.45, 2.75) is 50.6 Å². The van der Waals surface area contributed by atoms with Crippen LogP contribution in [-0.4, -0.2) is 33.0 Å². The van der Waals surface area contributed by atoms with Gasteiger partial charge in [-0.25, -0.2) is 13.1 Å². The summed E-state index contributed by atoms with van der Waals surface area (Å²) in [5.74, 6) is -0.00784. The SMILES string of the molecule is CC(C)NS(=O)(=O)c1ccc(NC(=O)[C@H]2CCN[C@@H](C)C2)cc1.Cl. The molecule has 1 amide bonds. The van der Waals surface area contributed by atoms with Gasteiger partial charge in [0.2, 0.25) is 15.9 Å². The Kier molecular flexibility index (Phi) is 7.66. The first kappa shape index (κ1) is 20.9. The normalized spacial score (nSPS) is 21.2. The van der Waals surface area contributed by atoms with E-state index in [-0.39, 0.29) is 35.2 Å². The molecule has 2 atom stereocenters. The molecule has 1 fully saturated rings. The molecule has 136 valence electrons. The average molecular weight is 376 g/mol. The van der Waals surface area contributed by atoms with Crippen LogP contribution in [0.4, 0.5) is 5.69 Å². The molecule has 0 spiro atoms. The molecule has 0 bridgehead atoms. The summed E-state index contributed by atoms with van der Waals surface area (Å²) in [5, 5.41) is 6.19. The van der Waals surface area contributed by atoms with Gasteiger partial charge in [-0.2, -0.15) is 0 Å². The fourth-order valence-corrected chi connectivity index (χ4v) is 3.96. The zero-order valence-electron chi connectivity index (χ0n) is 14.2. The van der Waals surface area contributed by atoms with Crippen molar-refractivity contribution in [3.63, 3.8) is 0 Å². The Morgan fingerprint density at radius 1 is 1.25 bits per heavy atom. The van der Waals surface area contributed by atoms with E-state index in [4.69, 9.17) is 0 Å². The lowest BCUT2D eigenvalue weighted by atomic mass is 9.92. The molecule has 24 heavy (non-hydrogen) atoms. The highest BCUT2D eigenvalue weighted by atomic mass is 35.5. The maximum absolute atomic E-state index is 12.3. The van der Waals surface area contributed by atoms with Crippen LogP contribution in [0.5, 0.6) is 0 Å². The minimum atomic E-state index is -3.50. The maximum Gasteiger partial charge on any atom is 0.240 e. The van der Waals surface area contributed by atoms with Crippen molar-refractivity contribution in [3.05, 3.63) is 24.3 Å². The highest BCUT2D eigenvalue weighted by molar-refractivity contribution is 7.89. The second kappa shape index (κ2) is 8.80. The highest BCUT2D eigenvalue weighted by Crippen LogP contribution is 2.20. The van der Waals surface area contributed by atoms with Crippen molar-refractivity contribution in [2.75, 3.05) is 11.9 Å². The Hall–Kier alpha value is -1.15. The van der Waals surface area contributed by atoms with Gasteiger partial charge < -0.3 is 10.6 Å². The van der Waals surface area contributed by atoms with Crippen LogP contribution in [0, 0.1) is 5.92 Å². The van der Waals surface area contributed by atoms with Gasteiger partial charge >= 0.3 is 0 Å². The number of hydrogen-bond acceptors (Lipinski definition) is 4. The van der Waals surface area contributed by atoms with Crippen molar-refractivity contribution in [2.24, 2.45) is 5.92 Å². The van der Waals surface area contributed by atoms with Crippen LogP contribution in [0.3, 0.4) is 0 Å². The number of sulfonamides is 1. The minimum absolute atomic E-state index is 0. The number of benzene rings is 1. The van der Waals surface area contributed by atoms with Gasteiger partial charge in [0.1, 0.15) is 0 Å². The molecule has 0 unspecified atom stereocenters. The summed E-state index contributed by atoms with van der Waals surface area (Å²) in [6.45, 7) is 6.45. The molecule has 1 saturated heterocycles. The van der Waals surface area contributed by atoms with Crippen LogP contribution in [0.25, 0.3) is 0 Å². The van der Waals surface area contributed by atoms with Gasteiger partial charge in [-0.3, -0.25) is 4.79 Å². The quantitative estimate of drug-likeness (QED) is 0.735. The van der Waals surface area contributed by atoms with Gasteiger partial charge in [0.25, 0.3) is 0 Å². The van der Waals surface area contributed by atoms with Crippen molar-refractivity contribution in [3.8, 4) is 0 Å². The van der Waals surface area contributed by atoms with E-state index in [0.717, 1.165) is 19.4 Å². The molecular formula is C16H26ClN3O3S. The third-order valence-corrected chi connectivity index (χ3v) is 5.49. The lowest BCUT2D eigenvalue weighted by Gasteiger charge is -2.27. The van der Waals surface area contributed by atoms with E-state index in [1.807, 2.05) is 0 Å². The maximum atomic E-state index is 12.3. The number of halogens is 1. The largest absolute Gasteiger partial charge is 0.326 e. The van der Waals surface area contributed by atoms with Gasteiger partial charge in [0, 0.05) is 23.7 Å². The monoisotopic (exact) mass is 375 g/mol.